The molecule has 1 aromatic heterocycles. The van der Waals surface area contributed by atoms with Crippen LogP contribution >= 0.6 is 34.2 Å². The number of hydrogen-bond acceptors (Lipinski definition) is 2. The summed E-state index contributed by atoms with van der Waals surface area (Å²) in [7, 11) is 0. The zero-order chi connectivity index (χ0) is 10.7. The molecule has 0 radical (unpaired) electrons. The average molecular weight is 328 g/mol. The Morgan fingerprint density at radius 3 is 2.79 bits per heavy atom. The number of halogens is 4. The number of alkyl halides is 2. The number of rotatable bonds is 2. The van der Waals surface area contributed by atoms with Crippen molar-refractivity contribution in [1.82, 2.24) is 4.98 Å². The van der Waals surface area contributed by atoms with Crippen LogP contribution in [0.1, 0.15) is 17.6 Å². The minimum atomic E-state index is -2.68. The summed E-state index contributed by atoms with van der Waals surface area (Å²) in [5, 5.41) is 8.38. The molecular formula is C8H4ClF2IN2. The Morgan fingerprint density at radius 1 is 1.64 bits per heavy atom. The van der Waals surface area contributed by atoms with Gasteiger partial charge in [-0.1, -0.05) is 11.6 Å². The Labute approximate surface area is 98.0 Å². The summed E-state index contributed by atoms with van der Waals surface area (Å²) in [5.41, 5.74) is -0.0665. The molecule has 0 atom stereocenters. The van der Waals surface area contributed by atoms with Gasteiger partial charge in [0.15, 0.2) is 0 Å². The second kappa shape index (κ2) is 4.84. The van der Waals surface area contributed by atoms with Gasteiger partial charge in [-0.05, 0) is 22.6 Å². The average Bonchev–Trinajstić information content (AvgIpc) is 2.11. The fourth-order valence-electron chi connectivity index (χ4n) is 0.999. The first-order valence-corrected chi connectivity index (χ1v) is 5.01. The van der Waals surface area contributed by atoms with E-state index in [1.807, 2.05) is 6.07 Å². The highest BCUT2D eigenvalue weighted by Gasteiger charge is 2.19. The van der Waals surface area contributed by atoms with Gasteiger partial charge < -0.3 is 0 Å². The Balaban J connectivity index is 3.35. The zero-order valence-corrected chi connectivity index (χ0v) is 9.68. The lowest BCUT2D eigenvalue weighted by molar-refractivity contribution is 0.150. The minimum absolute atomic E-state index is 0.0920. The second-order valence-corrected chi connectivity index (χ2v) is 3.85. The number of pyridine rings is 1. The summed E-state index contributed by atoms with van der Waals surface area (Å²) in [6, 6.07) is 1.81. The van der Waals surface area contributed by atoms with Gasteiger partial charge in [-0.25, -0.2) is 13.8 Å². The first kappa shape index (κ1) is 11.6. The van der Waals surface area contributed by atoms with E-state index in [1.165, 1.54) is 6.20 Å². The molecular weight excluding hydrogens is 324 g/mol. The Morgan fingerprint density at radius 2 is 2.29 bits per heavy atom. The van der Waals surface area contributed by atoms with Crippen molar-refractivity contribution < 1.29 is 8.78 Å². The maximum Gasteiger partial charge on any atom is 0.265 e. The Kier molecular flexibility index (Phi) is 4.01. The normalized spacial score (nSPS) is 10.3. The quantitative estimate of drug-likeness (QED) is 0.617. The molecule has 0 saturated carbocycles. The van der Waals surface area contributed by atoms with Gasteiger partial charge in [-0.2, -0.15) is 5.26 Å². The molecule has 14 heavy (non-hydrogen) atoms. The maximum atomic E-state index is 12.6. The van der Waals surface area contributed by atoms with Gasteiger partial charge in [0.05, 0.1) is 17.5 Å². The lowest BCUT2D eigenvalue weighted by atomic mass is 10.1. The number of nitriles is 1. The van der Waals surface area contributed by atoms with E-state index in [-0.39, 0.29) is 22.6 Å². The van der Waals surface area contributed by atoms with Crippen molar-refractivity contribution in [2.75, 3.05) is 0 Å². The molecule has 0 amide bonds. The van der Waals surface area contributed by atoms with Crippen molar-refractivity contribution in [3.05, 3.63) is 26.0 Å². The van der Waals surface area contributed by atoms with Gasteiger partial charge in [-0.3, -0.25) is 0 Å². The minimum Gasteiger partial charge on any atom is -0.248 e. The largest absolute Gasteiger partial charge is 0.265 e. The molecule has 1 aromatic rings. The van der Waals surface area contributed by atoms with Crippen molar-refractivity contribution >= 4 is 34.2 Å². The van der Waals surface area contributed by atoms with Crippen LogP contribution in [0, 0.1) is 15.0 Å². The van der Waals surface area contributed by atoms with Gasteiger partial charge in [0.1, 0.15) is 3.70 Å². The van der Waals surface area contributed by atoms with Crippen LogP contribution in [0.3, 0.4) is 0 Å². The van der Waals surface area contributed by atoms with Crippen molar-refractivity contribution in [1.29, 1.82) is 5.26 Å². The van der Waals surface area contributed by atoms with E-state index in [9.17, 15) is 8.78 Å². The molecule has 0 fully saturated rings. The number of aromatic nitrogens is 1. The van der Waals surface area contributed by atoms with Crippen molar-refractivity contribution in [2.45, 2.75) is 12.8 Å². The lowest BCUT2D eigenvalue weighted by Gasteiger charge is -2.08. The van der Waals surface area contributed by atoms with Crippen molar-refractivity contribution in [3.8, 4) is 6.07 Å². The van der Waals surface area contributed by atoms with E-state index >= 15 is 0 Å². The molecule has 1 heterocycles. The van der Waals surface area contributed by atoms with Crippen LogP contribution in [0.2, 0.25) is 5.02 Å². The van der Waals surface area contributed by atoms with Crippen LogP contribution in [-0.4, -0.2) is 4.98 Å². The molecule has 0 saturated heterocycles. The van der Waals surface area contributed by atoms with Crippen LogP contribution in [0.5, 0.6) is 0 Å². The topological polar surface area (TPSA) is 36.7 Å². The van der Waals surface area contributed by atoms with E-state index in [0.29, 0.717) is 3.70 Å². The fraction of sp³-hybridized carbons (Fsp3) is 0.250. The van der Waals surface area contributed by atoms with Crippen LogP contribution < -0.4 is 0 Å². The van der Waals surface area contributed by atoms with Crippen LogP contribution in [0.15, 0.2) is 6.20 Å². The van der Waals surface area contributed by atoms with Crippen LogP contribution in [0.4, 0.5) is 8.78 Å². The molecule has 0 bridgehead atoms. The predicted octanol–water partition coefficient (Wildman–Crippen LogP) is 3.34. The summed E-state index contributed by atoms with van der Waals surface area (Å²) in [4.78, 5) is 3.81. The van der Waals surface area contributed by atoms with Crippen LogP contribution in [-0.2, 0) is 6.42 Å². The smallest absolute Gasteiger partial charge is 0.248 e. The van der Waals surface area contributed by atoms with E-state index in [1.54, 1.807) is 22.6 Å². The third kappa shape index (κ3) is 2.30. The SMILES string of the molecule is N#CCc1c(I)ncc(Cl)c1C(F)F. The molecule has 6 heteroatoms. The number of hydrogen-bond donors (Lipinski definition) is 0. The standard InChI is InChI=1S/C8H4ClF2IN2/c9-5-3-14-8(12)4(1-2-13)6(5)7(10)11/h3,7H,1H2. The molecule has 0 aliphatic carbocycles. The maximum absolute atomic E-state index is 12.6. The van der Waals surface area contributed by atoms with Gasteiger partial charge in [-0.15, -0.1) is 0 Å². The molecule has 1 rings (SSSR count). The first-order chi connectivity index (χ1) is 6.57. The lowest BCUT2D eigenvalue weighted by Crippen LogP contribution is -2.00. The summed E-state index contributed by atoms with van der Waals surface area (Å²) in [6.45, 7) is 0. The summed E-state index contributed by atoms with van der Waals surface area (Å²) < 4.78 is 25.5. The summed E-state index contributed by atoms with van der Waals surface area (Å²) in [5.74, 6) is 0. The number of nitrogens with zero attached hydrogens (tertiary/aromatic N) is 2. The third-order valence-electron chi connectivity index (χ3n) is 1.60. The van der Waals surface area contributed by atoms with Crippen molar-refractivity contribution in [2.24, 2.45) is 0 Å². The van der Waals surface area contributed by atoms with E-state index in [0.717, 1.165) is 0 Å². The van der Waals surface area contributed by atoms with Crippen molar-refractivity contribution in [3.63, 3.8) is 0 Å². The fourth-order valence-corrected chi connectivity index (χ4v) is 1.87. The zero-order valence-electron chi connectivity index (χ0n) is 6.77. The molecule has 0 spiro atoms. The summed E-state index contributed by atoms with van der Waals surface area (Å²) in [6.07, 6.45) is -1.61. The predicted molar refractivity (Wildman–Crippen MR) is 56.2 cm³/mol. The van der Waals surface area contributed by atoms with Crippen LogP contribution in [0.25, 0.3) is 0 Å². The van der Waals surface area contributed by atoms with E-state index in [4.69, 9.17) is 16.9 Å². The summed E-state index contributed by atoms with van der Waals surface area (Å²) >= 11 is 7.38. The monoisotopic (exact) mass is 328 g/mol. The highest BCUT2D eigenvalue weighted by atomic mass is 127. The molecule has 2 nitrogen and oxygen atoms in total. The molecule has 74 valence electrons. The van der Waals surface area contributed by atoms with Gasteiger partial charge in [0.2, 0.25) is 0 Å². The van der Waals surface area contributed by atoms with E-state index < -0.39 is 6.43 Å². The molecule has 0 unspecified atom stereocenters. The Bertz CT molecular complexity index is 390. The molecule has 0 N–H and O–H groups in total. The van der Waals surface area contributed by atoms with Gasteiger partial charge >= 0.3 is 0 Å². The first-order valence-electron chi connectivity index (χ1n) is 3.55. The second-order valence-electron chi connectivity index (χ2n) is 2.42. The molecule has 0 aliphatic rings. The highest BCUT2D eigenvalue weighted by molar-refractivity contribution is 14.1. The molecule has 0 aromatic carbocycles. The Hall–Kier alpha value is -0.480. The van der Waals surface area contributed by atoms with Gasteiger partial charge in [0.25, 0.3) is 6.43 Å². The third-order valence-corrected chi connectivity index (χ3v) is 2.83. The van der Waals surface area contributed by atoms with Gasteiger partial charge in [0, 0.05) is 17.3 Å². The van der Waals surface area contributed by atoms with E-state index in [2.05, 4.69) is 4.98 Å². The molecule has 0 aliphatic heterocycles. The highest BCUT2D eigenvalue weighted by Crippen LogP contribution is 2.31.